The monoisotopic (exact) mass is 347 g/mol. The molecule has 0 radical (unpaired) electrons. The van der Waals surface area contributed by atoms with Gasteiger partial charge in [0.25, 0.3) is 0 Å². The third-order valence-corrected chi connectivity index (χ3v) is 8.82. The van der Waals surface area contributed by atoms with Crippen molar-refractivity contribution in [3.05, 3.63) is 28.3 Å². The van der Waals surface area contributed by atoms with Crippen molar-refractivity contribution in [2.75, 3.05) is 0 Å². The zero-order valence-electron chi connectivity index (χ0n) is 15.2. The summed E-state index contributed by atoms with van der Waals surface area (Å²) in [5.74, 6) is 2.83. The van der Waals surface area contributed by atoms with Crippen molar-refractivity contribution in [1.82, 2.24) is 4.72 Å². The molecule has 4 heteroatoms. The molecular formula is C20H29NO2S. The minimum Gasteiger partial charge on any atom is -0.207 e. The summed E-state index contributed by atoms with van der Waals surface area (Å²) in [4.78, 5) is 0.522. The second-order valence-corrected chi connectivity index (χ2v) is 10.3. The molecule has 0 atom stereocenters. The molecule has 4 fully saturated rings. The molecule has 24 heavy (non-hydrogen) atoms. The largest absolute Gasteiger partial charge is 0.241 e. The predicted molar refractivity (Wildman–Crippen MR) is 96.5 cm³/mol. The van der Waals surface area contributed by atoms with Gasteiger partial charge in [0.05, 0.1) is 4.90 Å². The second kappa shape index (κ2) is 5.57. The lowest BCUT2D eigenvalue weighted by Gasteiger charge is -2.54. The average Bonchev–Trinajstić information content (AvgIpc) is 2.48. The van der Waals surface area contributed by atoms with E-state index in [1.165, 1.54) is 32.1 Å². The maximum Gasteiger partial charge on any atom is 0.241 e. The molecule has 0 amide bonds. The molecule has 0 spiro atoms. The highest BCUT2D eigenvalue weighted by atomic mass is 32.2. The van der Waals surface area contributed by atoms with Gasteiger partial charge >= 0.3 is 0 Å². The van der Waals surface area contributed by atoms with Gasteiger partial charge in [0.1, 0.15) is 0 Å². The first kappa shape index (κ1) is 16.6. The lowest BCUT2D eigenvalue weighted by atomic mass is 9.54. The van der Waals surface area contributed by atoms with Gasteiger partial charge in [0, 0.05) is 6.04 Å². The molecule has 3 nitrogen and oxygen atoms in total. The normalized spacial score (nSPS) is 34.8. The Balaban J connectivity index is 1.68. The fourth-order valence-electron chi connectivity index (χ4n) is 5.94. The standard InChI is InChI=1S/C20H29NO2S/c1-11-5-12(2)14(4)20(13(11)3)24(22,23)21-19-17-7-15-6-16(9-17)10-18(19)8-15/h5,15-19,21H,6-10H2,1-4H3. The number of aryl methyl sites for hydroxylation is 2. The molecule has 0 aliphatic heterocycles. The lowest BCUT2D eigenvalue weighted by molar-refractivity contribution is -0.00558. The number of nitrogens with one attached hydrogen (secondary N) is 1. The molecule has 4 saturated carbocycles. The van der Waals surface area contributed by atoms with Crippen LogP contribution in [-0.2, 0) is 10.0 Å². The number of hydrogen-bond donors (Lipinski definition) is 1. The van der Waals surface area contributed by atoms with Crippen LogP contribution in [0.2, 0.25) is 0 Å². The van der Waals surface area contributed by atoms with E-state index in [1.807, 2.05) is 27.7 Å². The number of hydrogen-bond acceptors (Lipinski definition) is 2. The van der Waals surface area contributed by atoms with Crippen LogP contribution in [0.25, 0.3) is 0 Å². The second-order valence-electron chi connectivity index (χ2n) is 8.67. The number of rotatable bonds is 3. The predicted octanol–water partition coefficient (Wildman–Crippen LogP) is 4.02. The van der Waals surface area contributed by atoms with Gasteiger partial charge in [-0.1, -0.05) is 6.07 Å². The van der Waals surface area contributed by atoms with Crippen LogP contribution < -0.4 is 4.72 Å². The zero-order valence-corrected chi connectivity index (χ0v) is 16.0. The summed E-state index contributed by atoms with van der Waals surface area (Å²) in [6, 6.07) is 2.24. The smallest absolute Gasteiger partial charge is 0.207 e. The van der Waals surface area contributed by atoms with Crippen molar-refractivity contribution >= 4 is 10.0 Å². The molecule has 0 unspecified atom stereocenters. The van der Waals surface area contributed by atoms with Gasteiger partial charge in [-0.2, -0.15) is 0 Å². The van der Waals surface area contributed by atoms with Crippen molar-refractivity contribution in [2.24, 2.45) is 23.7 Å². The summed E-state index contributed by atoms with van der Waals surface area (Å²) >= 11 is 0. The van der Waals surface area contributed by atoms with E-state index in [1.54, 1.807) is 0 Å². The third kappa shape index (κ3) is 2.53. The molecule has 0 saturated heterocycles. The van der Waals surface area contributed by atoms with Gasteiger partial charge in [-0.3, -0.25) is 0 Å². The van der Waals surface area contributed by atoms with E-state index >= 15 is 0 Å². The van der Waals surface area contributed by atoms with Gasteiger partial charge in [-0.05, 0) is 106 Å². The lowest BCUT2D eigenvalue weighted by Crippen LogP contribution is -2.55. The Bertz CT molecular complexity index is 727. The minimum atomic E-state index is -3.46. The van der Waals surface area contributed by atoms with Crippen molar-refractivity contribution in [3.8, 4) is 0 Å². The summed E-state index contributed by atoms with van der Waals surface area (Å²) in [6.45, 7) is 7.88. The van der Waals surface area contributed by atoms with E-state index in [0.29, 0.717) is 16.7 Å². The molecule has 1 aromatic rings. The van der Waals surface area contributed by atoms with Crippen LogP contribution in [0.1, 0.15) is 54.4 Å². The summed E-state index contributed by atoms with van der Waals surface area (Å²) < 4.78 is 29.7. The van der Waals surface area contributed by atoms with E-state index in [9.17, 15) is 8.42 Å². The molecule has 4 aliphatic carbocycles. The Hall–Kier alpha value is -0.870. The fourth-order valence-corrected chi connectivity index (χ4v) is 7.93. The fraction of sp³-hybridized carbons (Fsp3) is 0.700. The van der Waals surface area contributed by atoms with E-state index in [0.717, 1.165) is 34.1 Å². The first-order valence-corrected chi connectivity index (χ1v) is 10.8. The van der Waals surface area contributed by atoms with Gasteiger partial charge < -0.3 is 0 Å². The van der Waals surface area contributed by atoms with Crippen LogP contribution in [0, 0.1) is 51.4 Å². The molecule has 4 aliphatic rings. The highest BCUT2D eigenvalue weighted by molar-refractivity contribution is 7.89. The Labute approximate surface area is 146 Å². The van der Waals surface area contributed by atoms with Gasteiger partial charge in [0.15, 0.2) is 0 Å². The molecule has 0 aromatic heterocycles. The first-order valence-electron chi connectivity index (χ1n) is 9.36. The average molecular weight is 348 g/mol. The van der Waals surface area contributed by atoms with Crippen molar-refractivity contribution < 1.29 is 8.42 Å². The van der Waals surface area contributed by atoms with Gasteiger partial charge in [-0.15, -0.1) is 0 Å². The molecule has 132 valence electrons. The Morgan fingerprint density at radius 1 is 0.833 bits per heavy atom. The first-order chi connectivity index (χ1) is 11.3. The van der Waals surface area contributed by atoms with Crippen molar-refractivity contribution in [2.45, 2.75) is 70.7 Å². The quantitative estimate of drug-likeness (QED) is 0.897. The van der Waals surface area contributed by atoms with Crippen LogP contribution in [0.4, 0.5) is 0 Å². The Morgan fingerprint density at radius 2 is 1.29 bits per heavy atom. The Morgan fingerprint density at radius 3 is 1.75 bits per heavy atom. The number of sulfonamides is 1. The minimum absolute atomic E-state index is 0.155. The van der Waals surface area contributed by atoms with Gasteiger partial charge in [-0.25, -0.2) is 13.1 Å². The van der Waals surface area contributed by atoms with E-state index in [2.05, 4.69) is 10.8 Å². The van der Waals surface area contributed by atoms with Crippen LogP contribution in [0.3, 0.4) is 0 Å². The zero-order chi connectivity index (χ0) is 17.2. The molecule has 1 N–H and O–H groups in total. The van der Waals surface area contributed by atoms with E-state index in [4.69, 9.17) is 0 Å². The molecule has 5 rings (SSSR count). The molecular weight excluding hydrogens is 318 g/mol. The molecule has 1 aromatic carbocycles. The summed E-state index contributed by atoms with van der Waals surface area (Å²) in [6.07, 6.45) is 6.30. The van der Waals surface area contributed by atoms with Crippen LogP contribution in [0.5, 0.6) is 0 Å². The molecule has 4 bridgehead atoms. The summed E-state index contributed by atoms with van der Waals surface area (Å²) in [5.41, 5.74) is 3.91. The van der Waals surface area contributed by atoms with Crippen molar-refractivity contribution in [1.29, 1.82) is 0 Å². The summed E-state index contributed by atoms with van der Waals surface area (Å²) in [5, 5.41) is 0. The van der Waals surface area contributed by atoms with Crippen LogP contribution in [0.15, 0.2) is 11.0 Å². The number of benzene rings is 1. The highest BCUT2D eigenvalue weighted by Gasteiger charge is 2.49. The SMILES string of the molecule is Cc1cc(C)c(C)c(S(=O)(=O)NC2C3CC4CC(C3)CC2C4)c1C. The molecule has 0 heterocycles. The maximum atomic E-state index is 13.3. The Kier molecular flexibility index (Phi) is 3.85. The van der Waals surface area contributed by atoms with Crippen molar-refractivity contribution in [3.63, 3.8) is 0 Å². The maximum absolute atomic E-state index is 13.3. The highest BCUT2D eigenvalue weighted by Crippen LogP contribution is 2.54. The van der Waals surface area contributed by atoms with E-state index in [-0.39, 0.29) is 6.04 Å². The topological polar surface area (TPSA) is 46.2 Å². The van der Waals surface area contributed by atoms with E-state index < -0.39 is 10.0 Å². The third-order valence-electron chi connectivity index (χ3n) is 7.08. The summed E-state index contributed by atoms with van der Waals surface area (Å²) in [7, 11) is -3.46. The van der Waals surface area contributed by atoms with Gasteiger partial charge in [0.2, 0.25) is 10.0 Å². The van der Waals surface area contributed by atoms with Crippen LogP contribution >= 0.6 is 0 Å². The van der Waals surface area contributed by atoms with Crippen LogP contribution in [-0.4, -0.2) is 14.5 Å².